The van der Waals surface area contributed by atoms with Crippen LogP contribution in [0.4, 0.5) is 4.39 Å². The van der Waals surface area contributed by atoms with Gasteiger partial charge >= 0.3 is 5.97 Å². The lowest BCUT2D eigenvalue weighted by Gasteiger charge is -2.09. The molecule has 2 N–H and O–H groups in total. The first-order chi connectivity index (χ1) is 16.4. The van der Waals surface area contributed by atoms with E-state index in [-0.39, 0.29) is 28.4 Å². The van der Waals surface area contributed by atoms with Crippen LogP contribution in [0, 0.1) is 17.1 Å². The number of benzene rings is 3. The van der Waals surface area contributed by atoms with Gasteiger partial charge in [-0.15, -0.1) is 11.3 Å². The first kappa shape index (κ1) is 22.6. The standard InChI is InChI=1S/C25H16FN3O4S/c26-21-11-18(16-4-6-17(7-5-16)25(31)32)8-9-19(21)13-28-23(30)22-24(29-14-34-22)33-20-3-1-2-15(10-20)12-27/h1-11,14H,13H2,(H,28,30)(H,31,32). The number of thiazole rings is 1. The SMILES string of the molecule is N#Cc1cccc(Oc2ncsc2C(=O)NCc2ccc(-c3ccc(C(=O)O)cc3)cc2F)c1. The van der Waals surface area contributed by atoms with Gasteiger partial charge in [0.2, 0.25) is 5.88 Å². The van der Waals surface area contributed by atoms with Crippen molar-refractivity contribution in [1.82, 2.24) is 10.3 Å². The summed E-state index contributed by atoms with van der Waals surface area (Å²) in [4.78, 5) is 27.9. The molecule has 0 saturated carbocycles. The van der Waals surface area contributed by atoms with Crippen molar-refractivity contribution in [1.29, 1.82) is 5.26 Å². The third-order valence-electron chi connectivity index (χ3n) is 4.88. The number of carboxylic acids is 1. The van der Waals surface area contributed by atoms with Crippen LogP contribution in [0.1, 0.15) is 31.2 Å². The molecule has 34 heavy (non-hydrogen) atoms. The number of aromatic carboxylic acids is 1. The van der Waals surface area contributed by atoms with Gasteiger partial charge < -0.3 is 15.2 Å². The van der Waals surface area contributed by atoms with E-state index in [0.717, 1.165) is 11.3 Å². The number of amides is 1. The van der Waals surface area contributed by atoms with Crippen LogP contribution < -0.4 is 10.1 Å². The number of nitriles is 1. The maximum Gasteiger partial charge on any atom is 0.335 e. The summed E-state index contributed by atoms with van der Waals surface area (Å²) < 4.78 is 20.3. The Morgan fingerprint density at radius 3 is 2.56 bits per heavy atom. The molecular weight excluding hydrogens is 457 g/mol. The smallest absolute Gasteiger partial charge is 0.335 e. The third kappa shape index (κ3) is 5.09. The van der Waals surface area contributed by atoms with Crippen LogP contribution in [0.3, 0.4) is 0 Å². The number of rotatable bonds is 7. The van der Waals surface area contributed by atoms with Crippen LogP contribution in [-0.2, 0) is 6.54 Å². The Balaban J connectivity index is 1.43. The van der Waals surface area contributed by atoms with Gasteiger partial charge in [0.05, 0.1) is 22.7 Å². The Hall–Kier alpha value is -4.55. The van der Waals surface area contributed by atoms with Crippen LogP contribution in [0.2, 0.25) is 0 Å². The van der Waals surface area contributed by atoms with Gasteiger partial charge in [-0.25, -0.2) is 14.2 Å². The highest BCUT2D eigenvalue weighted by atomic mass is 32.1. The van der Waals surface area contributed by atoms with Gasteiger partial charge in [0, 0.05) is 12.1 Å². The highest BCUT2D eigenvalue weighted by Crippen LogP contribution is 2.28. The second-order valence-electron chi connectivity index (χ2n) is 7.10. The minimum Gasteiger partial charge on any atom is -0.478 e. The molecule has 168 valence electrons. The zero-order valence-corrected chi connectivity index (χ0v) is 18.3. The Kier molecular flexibility index (Phi) is 6.62. The molecule has 7 nitrogen and oxygen atoms in total. The summed E-state index contributed by atoms with van der Waals surface area (Å²) in [6.07, 6.45) is 0. The second-order valence-corrected chi connectivity index (χ2v) is 7.95. The van der Waals surface area contributed by atoms with Gasteiger partial charge in [-0.2, -0.15) is 5.26 Å². The highest BCUT2D eigenvalue weighted by Gasteiger charge is 2.18. The fraction of sp³-hybridized carbons (Fsp3) is 0.0400. The minimum absolute atomic E-state index is 0.0514. The molecule has 3 aromatic carbocycles. The molecule has 0 bridgehead atoms. The van der Waals surface area contributed by atoms with Crippen molar-refractivity contribution in [3.63, 3.8) is 0 Å². The molecule has 0 saturated heterocycles. The third-order valence-corrected chi connectivity index (χ3v) is 5.68. The molecule has 0 radical (unpaired) electrons. The molecule has 1 amide bonds. The van der Waals surface area contributed by atoms with Crippen molar-refractivity contribution < 1.29 is 23.8 Å². The molecule has 4 rings (SSSR count). The average Bonchev–Trinajstić information content (AvgIpc) is 3.31. The van der Waals surface area contributed by atoms with Gasteiger partial charge in [0.25, 0.3) is 5.91 Å². The van der Waals surface area contributed by atoms with Crippen molar-refractivity contribution in [2.24, 2.45) is 0 Å². The van der Waals surface area contributed by atoms with E-state index in [1.807, 2.05) is 6.07 Å². The Labute approximate surface area is 197 Å². The van der Waals surface area contributed by atoms with Crippen LogP contribution >= 0.6 is 11.3 Å². The number of carbonyl (C=O) groups is 2. The summed E-state index contributed by atoms with van der Waals surface area (Å²) in [7, 11) is 0. The maximum absolute atomic E-state index is 14.7. The molecular formula is C25H16FN3O4S. The monoisotopic (exact) mass is 473 g/mol. The van der Waals surface area contributed by atoms with Gasteiger partial charge in [-0.1, -0.05) is 30.3 Å². The fourth-order valence-electron chi connectivity index (χ4n) is 3.13. The number of aromatic nitrogens is 1. The van der Waals surface area contributed by atoms with E-state index in [1.54, 1.807) is 42.5 Å². The van der Waals surface area contributed by atoms with E-state index < -0.39 is 17.7 Å². The van der Waals surface area contributed by atoms with Crippen molar-refractivity contribution in [3.05, 3.63) is 99.6 Å². The molecule has 0 atom stereocenters. The second kappa shape index (κ2) is 9.94. The topological polar surface area (TPSA) is 112 Å². The van der Waals surface area contributed by atoms with Gasteiger partial charge in [-0.3, -0.25) is 4.79 Å². The summed E-state index contributed by atoms with van der Waals surface area (Å²) >= 11 is 1.08. The molecule has 0 unspecified atom stereocenters. The number of ether oxygens (including phenoxy) is 1. The van der Waals surface area contributed by atoms with Crippen molar-refractivity contribution in [3.8, 4) is 28.8 Å². The number of halogens is 1. The highest BCUT2D eigenvalue weighted by molar-refractivity contribution is 7.12. The quantitative estimate of drug-likeness (QED) is 0.380. The lowest BCUT2D eigenvalue weighted by Crippen LogP contribution is -2.22. The van der Waals surface area contributed by atoms with E-state index in [1.165, 1.54) is 29.8 Å². The van der Waals surface area contributed by atoms with Crippen molar-refractivity contribution >= 4 is 23.2 Å². The Bertz CT molecular complexity index is 1410. The number of carboxylic acid groups (broad SMARTS) is 1. The molecule has 1 heterocycles. The zero-order valence-electron chi connectivity index (χ0n) is 17.5. The molecule has 0 fully saturated rings. The lowest BCUT2D eigenvalue weighted by atomic mass is 10.0. The van der Waals surface area contributed by atoms with Crippen LogP contribution in [-0.4, -0.2) is 22.0 Å². The summed E-state index contributed by atoms with van der Waals surface area (Å²) in [6.45, 7) is -0.0514. The number of nitrogens with zero attached hydrogens (tertiary/aromatic N) is 2. The van der Waals surface area contributed by atoms with E-state index in [0.29, 0.717) is 22.4 Å². The minimum atomic E-state index is -1.03. The van der Waals surface area contributed by atoms with Crippen molar-refractivity contribution in [2.75, 3.05) is 0 Å². The van der Waals surface area contributed by atoms with E-state index in [4.69, 9.17) is 15.1 Å². The zero-order chi connectivity index (χ0) is 24.1. The van der Waals surface area contributed by atoms with Crippen LogP contribution in [0.5, 0.6) is 11.6 Å². The maximum atomic E-state index is 14.7. The van der Waals surface area contributed by atoms with E-state index in [2.05, 4.69) is 10.3 Å². The number of nitrogens with one attached hydrogen (secondary N) is 1. The summed E-state index contributed by atoms with van der Waals surface area (Å²) in [5, 5.41) is 20.7. The molecule has 0 aliphatic carbocycles. The lowest BCUT2D eigenvalue weighted by molar-refractivity contribution is 0.0696. The van der Waals surface area contributed by atoms with Gasteiger partial charge in [0.15, 0.2) is 4.88 Å². The van der Waals surface area contributed by atoms with Crippen LogP contribution in [0.15, 0.2) is 72.2 Å². The first-order valence-corrected chi connectivity index (χ1v) is 10.8. The fourth-order valence-corrected chi connectivity index (χ4v) is 3.76. The predicted octanol–water partition coefficient (Wildman–Crippen LogP) is 5.24. The molecule has 0 spiro atoms. The van der Waals surface area contributed by atoms with E-state index in [9.17, 15) is 14.0 Å². The number of hydrogen-bond donors (Lipinski definition) is 2. The first-order valence-electron chi connectivity index (χ1n) is 9.96. The van der Waals surface area contributed by atoms with Gasteiger partial charge in [0.1, 0.15) is 11.6 Å². The molecule has 9 heteroatoms. The number of hydrogen-bond acceptors (Lipinski definition) is 6. The summed E-state index contributed by atoms with van der Waals surface area (Å²) in [5.41, 5.74) is 3.56. The Morgan fingerprint density at radius 2 is 1.85 bits per heavy atom. The average molecular weight is 473 g/mol. The van der Waals surface area contributed by atoms with Crippen molar-refractivity contribution in [2.45, 2.75) is 6.54 Å². The predicted molar refractivity (Wildman–Crippen MR) is 123 cm³/mol. The normalized spacial score (nSPS) is 10.4. The molecule has 4 aromatic rings. The van der Waals surface area contributed by atoms with Crippen LogP contribution in [0.25, 0.3) is 11.1 Å². The molecule has 0 aliphatic heterocycles. The van der Waals surface area contributed by atoms with E-state index >= 15 is 0 Å². The molecule has 1 aromatic heterocycles. The van der Waals surface area contributed by atoms with Gasteiger partial charge in [-0.05, 0) is 47.5 Å². The molecule has 0 aliphatic rings. The largest absolute Gasteiger partial charge is 0.478 e. The summed E-state index contributed by atoms with van der Waals surface area (Å²) in [5.74, 6) is -1.54. The Morgan fingerprint density at radius 1 is 1.09 bits per heavy atom. The number of carbonyl (C=O) groups excluding carboxylic acids is 1. The summed E-state index contributed by atoms with van der Waals surface area (Å²) in [6, 6.07) is 19.2.